The summed E-state index contributed by atoms with van der Waals surface area (Å²) in [4.78, 5) is 9.82. The predicted molar refractivity (Wildman–Crippen MR) is 75.6 cm³/mol. The van der Waals surface area contributed by atoms with Gasteiger partial charge in [-0.15, -0.1) is 0 Å². The van der Waals surface area contributed by atoms with Crippen LogP contribution in [0.25, 0.3) is 0 Å². The SMILES string of the molecule is CCC(CC)NS(=O)(=O)c1cc(NN)ccc1[N+](=O)[O-]. The maximum atomic E-state index is 12.3. The summed E-state index contributed by atoms with van der Waals surface area (Å²) in [6.45, 7) is 3.67. The highest BCUT2D eigenvalue weighted by Crippen LogP contribution is 2.27. The van der Waals surface area contributed by atoms with E-state index < -0.39 is 25.5 Å². The number of benzene rings is 1. The summed E-state index contributed by atoms with van der Waals surface area (Å²) in [7, 11) is -3.98. The van der Waals surface area contributed by atoms with Crippen molar-refractivity contribution in [3.63, 3.8) is 0 Å². The lowest BCUT2D eigenvalue weighted by Gasteiger charge is -2.15. The van der Waals surface area contributed by atoms with Crippen LogP contribution in [-0.4, -0.2) is 19.4 Å². The minimum absolute atomic E-state index is 0.269. The lowest BCUT2D eigenvalue weighted by molar-refractivity contribution is -0.387. The molecule has 0 aliphatic carbocycles. The number of nitro groups is 1. The van der Waals surface area contributed by atoms with Gasteiger partial charge in [-0.05, 0) is 25.0 Å². The van der Waals surface area contributed by atoms with E-state index in [-0.39, 0.29) is 11.7 Å². The quantitative estimate of drug-likeness (QED) is 0.396. The van der Waals surface area contributed by atoms with E-state index in [0.717, 1.165) is 12.1 Å². The fourth-order valence-corrected chi connectivity index (χ4v) is 3.31. The second-order valence-electron chi connectivity index (χ2n) is 4.22. The van der Waals surface area contributed by atoms with Crippen molar-refractivity contribution in [1.82, 2.24) is 4.72 Å². The number of nitrogens with zero attached hydrogens (tertiary/aromatic N) is 1. The summed E-state index contributed by atoms with van der Waals surface area (Å²) in [5.41, 5.74) is 2.07. The Kier molecular flexibility index (Phi) is 5.43. The van der Waals surface area contributed by atoms with Crippen LogP contribution in [0.3, 0.4) is 0 Å². The number of nitro benzene ring substituents is 1. The molecule has 4 N–H and O–H groups in total. The fourth-order valence-electron chi connectivity index (χ4n) is 1.71. The van der Waals surface area contributed by atoms with Crippen LogP contribution in [0.4, 0.5) is 11.4 Å². The largest absolute Gasteiger partial charge is 0.324 e. The van der Waals surface area contributed by atoms with E-state index in [2.05, 4.69) is 10.1 Å². The summed E-state index contributed by atoms with van der Waals surface area (Å²) >= 11 is 0. The van der Waals surface area contributed by atoms with E-state index in [9.17, 15) is 18.5 Å². The average Bonchev–Trinajstić information content (AvgIpc) is 2.43. The minimum atomic E-state index is -3.98. The maximum Gasteiger partial charge on any atom is 0.289 e. The van der Waals surface area contributed by atoms with Crippen LogP contribution in [-0.2, 0) is 10.0 Å². The van der Waals surface area contributed by atoms with Crippen LogP contribution in [0.2, 0.25) is 0 Å². The monoisotopic (exact) mass is 302 g/mol. The van der Waals surface area contributed by atoms with Crippen molar-refractivity contribution in [1.29, 1.82) is 0 Å². The van der Waals surface area contributed by atoms with E-state index in [4.69, 9.17) is 5.84 Å². The first-order valence-electron chi connectivity index (χ1n) is 6.13. The smallest absolute Gasteiger partial charge is 0.289 e. The molecule has 0 fully saturated rings. The number of hydrogen-bond donors (Lipinski definition) is 3. The van der Waals surface area contributed by atoms with Gasteiger partial charge in [0.25, 0.3) is 5.69 Å². The van der Waals surface area contributed by atoms with Crippen molar-refractivity contribution < 1.29 is 13.3 Å². The van der Waals surface area contributed by atoms with Gasteiger partial charge in [0.15, 0.2) is 4.90 Å². The first-order chi connectivity index (χ1) is 9.35. The van der Waals surface area contributed by atoms with E-state index in [1.807, 2.05) is 13.8 Å². The number of nitrogens with two attached hydrogens (primary N) is 1. The molecule has 0 atom stereocenters. The molecule has 0 saturated heterocycles. The molecule has 0 unspecified atom stereocenters. The van der Waals surface area contributed by atoms with Crippen molar-refractivity contribution in [2.24, 2.45) is 5.84 Å². The molecule has 9 heteroatoms. The number of sulfonamides is 1. The van der Waals surface area contributed by atoms with Gasteiger partial charge in [0.1, 0.15) is 0 Å². The highest BCUT2D eigenvalue weighted by molar-refractivity contribution is 7.89. The van der Waals surface area contributed by atoms with Gasteiger partial charge in [-0.3, -0.25) is 16.0 Å². The third kappa shape index (κ3) is 3.65. The fraction of sp³-hybridized carbons (Fsp3) is 0.455. The third-order valence-electron chi connectivity index (χ3n) is 2.92. The summed E-state index contributed by atoms with van der Waals surface area (Å²) < 4.78 is 27.0. The van der Waals surface area contributed by atoms with Crippen molar-refractivity contribution in [2.45, 2.75) is 37.6 Å². The summed E-state index contributed by atoms with van der Waals surface area (Å²) in [6, 6.07) is 3.32. The van der Waals surface area contributed by atoms with Crippen molar-refractivity contribution in [3.8, 4) is 0 Å². The average molecular weight is 302 g/mol. The van der Waals surface area contributed by atoms with Gasteiger partial charge in [-0.2, -0.15) is 0 Å². The van der Waals surface area contributed by atoms with Crippen LogP contribution in [0.1, 0.15) is 26.7 Å². The Morgan fingerprint density at radius 3 is 2.40 bits per heavy atom. The van der Waals surface area contributed by atoms with E-state index in [1.165, 1.54) is 6.07 Å². The van der Waals surface area contributed by atoms with Crippen LogP contribution in [0, 0.1) is 10.1 Å². The zero-order chi connectivity index (χ0) is 15.3. The van der Waals surface area contributed by atoms with Gasteiger partial charge in [0.05, 0.1) is 10.6 Å². The molecule has 0 spiro atoms. The molecule has 8 nitrogen and oxygen atoms in total. The molecular weight excluding hydrogens is 284 g/mol. The van der Waals surface area contributed by atoms with Crippen LogP contribution in [0.5, 0.6) is 0 Å². The Labute approximate surface area is 117 Å². The van der Waals surface area contributed by atoms with Gasteiger partial charge in [-0.25, -0.2) is 13.1 Å². The highest BCUT2D eigenvalue weighted by atomic mass is 32.2. The third-order valence-corrected chi connectivity index (χ3v) is 4.47. The molecule has 0 radical (unpaired) electrons. The van der Waals surface area contributed by atoms with Gasteiger partial charge >= 0.3 is 0 Å². The Morgan fingerprint density at radius 1 is 1.35 bits per heavy atom. The van der Waals surface area contributed by atoms with Gasteiger partial charge in [0.2, 0.25) is 10.0 Å². The molecule has 1 aromatic rings. The first kappa shape index (κ1) is 16.3. The number of hydrogen-bond acceptors (Lipinski definition) is 6. The Hall–Kier alpha value is -1.71. The molecule has 0 saturated carbocycles. The second-order valence-corrected chi connectivity index (χ2v) is 5.90. The number of anilines is 1. The number of nitrogens with one attached hydrogen (secondary N) is 2. The van der Waals surface area contributed by atoms with E-state index in [1.54, 1.807) is 0 Å². The molecule has 0 bridgehead atoms. The van der Waals surface area contributed by atoms with Gasteiger partial charge in [0, 0.05) is 12.1 Å². The summed E-state index contributed by atoms with van der Waals surface area (Å²) in [6.07, 6.45) is 1.19. The zero-order valence-corrected chi connectivity index (χ0v) is 12.1. The van der Waals surface area contributed by atoms with E-state index >= 15 is 0 Å². The molecule has 0 aliphatic rings. The predicted octanol–water partition coefficient (Wildman–Crippen LogP) is 1.35. The standard InChI is InChI=1S/C11H18N4O4S/c1-3-8(4-2)14-20(18,19)11-7-9(13-12)5-6-10(11)15(16)17/h5-8,13-14H,3-4,12H2,1-2H3. The summed E-state index contributed by atoms with van der Waals surface area (Å²) in [5.74, 6) is 5.21. The van der Waals surface area contributed by atoms with Crippen molar-refractivity contribution in [3.05, 3.63) is 28.3 Å². The van der Waals surface area contributed by atoms with E-state index in [0.29, 0.717) is 12.8 Å². The second kappa shape index (κ2) is 6.64. The molecule has 0 aliphatic heterocycles. The lowest BCUT2D eigenvalue weighted by Crippen LogP contribution is -2.34. The van der Waals surface area contributed by atoms with Crippen LogP contribution < -0.4 is 16.0 Å². The van der Waals surface area contributed by atoms with Crippen molar-refractivity contribution >= 4 is 21.4 Å². The lowest BCUT2D eigenvalue weighted by atomic mass is 10.2. The van der Waals surface area contributed by atoms with Gasteiger partial charge < -0.3 is 5.43 Å². The van der Waals surface area contributed by atoms with Crippen molar-refractivity contribution in [2.75, 3.05) is 5.43 Å². The zero-order valence-electron chi connectivity index (χ0n) is 11.3. The Balaban J connectivity index is 3.31. The molecule has 0 aromatic heterocycles. The minimum Gasteiger partial charge on any atom is -0.324 e. The number of rotatable bonds is 7. The molecule has 1 aromatic carbocycles. The first-order valence-corrected chi connectivity index (χ1v) is 7.61. The van der Waals surface area contributed by atoms with Crippen LogP contribution in [0.15, 0.2) is 23.1 Å². The highest BCUT2D eigenvalue weighted by Gasteiger charge is 2.27. The maximum absolute atomic E-state index is 12.3. The van der Waals surface area contributed by atoms with Crippen LogP contribution >= 0.6 is 0 Å². The molecule has 0 amide bonds. The molecule has 1 rings (SSSR count). The Bertz CT molecular complexity index is 584. The number of hydrazine groups is 1. The normalized spacial score (nSPS) is 11.6. The molecule has 20 heavy (non-hydrogen) atoms. The summed E-state index contributed by atoms with van der Waals surface area (Å²) in [5, 5.41) is 11.0. The van der Waals surface area contributed by atoms with Gasteiger partial charge in [-0.1, -0.05) is 13.8 Å². The molecular formula is C11H18N4O4S. The Morgan fingerprint density at radius 2 is 1.95 bits per heavy atom. The number of nitrogen functional groups attached to an aromatic ring is 1. The molecule has 0 heterocycles. The molecule has 112 valence electrons. The topological polar surface area (TPSA) is 127 Å².